The quantitative estimate of drug-likeness (QED) is 0.156. The first kappa shape index (κ1) is 35.0. The summed E-state index contributed by atoms with van der Waals surface area (Å²) in [4.78, 5) is 2.43. The summed E-state index contributed by atoms with van der Waals surface area (Å²) in [5.41, 5.74) is 18.5. The van der Waals surface area contributed by atoms with Crippen molar-refractivity contribution in [3.05, 3.63) is 237 Å². The van der Waals surface area contributed by atoms with Crippen LogP contribution >= 0.6 is 0 Å². The fourth-order valence-corrected chi connectivity index (χ4v) is 9.77. The Labute approximate surface area is 356 Å². The molecule has 11 aromatic carbocycles. The van der Waals surface area contributed by atoms with Gasteiger partial charge in [0.25, 0.3) is 0 Å². The number of hydrogen-bond acceptors (Lipinski definition) is 1. The van der Waals surface area contributed by atoms with Gasteiger partial charge in [-0.15, -0.1) is 0 Å². The van der Waals surface area contributed by atoms with Crippen molar-refractivity contribution in [2.24, 2.45) is 0 Å². The molecule has 0 saturated carbocycles. The van der Waals surface area contributed by atoms with Crippen LogP contribution in [0.4, 0.5) is 17.1 Å². The first-order valence-corrected chi connectivity index (χ1v) is 21.1. The van der Waals surface area contributed by atoms with Gasteiger partial charge in [0.1, 0.15) is 0 Å². The minimum absolute atomic E-state index is 1.11. The van der Waals surface area contributed by atoms with Crippen LogP contribution in [0.3, 0.4) is 0 Å². The number of anilines is 3. The SMILES string of the molecule is c1ccc(-c2ccc(N(c3ccc(-c4cccc5ccccc45)cc3)c3cccc4cc5c(cc34)-c3c-5c(-c4ccccc4)c4ccccc4c3-c3ccccc3)cc2)cc1. The minimum atomic E-state index is 1.11. The zero-order valence-corrected chi connectivity index (χ0v) is 33.5. The van der Waals surface area contributed by atoms with Gasteiger partial charge in [0.2, 0.25) is 0 Å². The van der Waals surface area contributed by atoms with Gasteiger partial charge in [0, 0.05) is 16.8 Å². The maximum atomic E-state index is 2.47. The normalized spacial score (nSPS) is 11.6. The molecule has 0 amide bonds. The summed E-state index contributed by atoms with van der Waals surface area (Å²) in [6.07, 6.45) is 0. The molecule has 0 heterocycles. The van der Waals surface area contributed by atoms with Crippen LogP contribution < -0.4 is 4.90 Å². The maximum absolute atomic E-state index is 2.47. The molecule has 1 aliphatic rings. The van der Waals surface area contributed by atoms with Crippen molar-refractivity contribution in [3.63, 3.8) is 0 Å². The minimum Gasteiger partial charge on any atom is -0.310 e. The molecule has 1 aliphatic carbocycles. The van der Waals surface area contributed by atoms with Crippen LogP contribution in [0.25, 0.3) is 99.1 Å². The lowest BCUT2D eigenvalue weighted by molar-refractivity contribution is 1.30. The van der Waals surface area contributed by atoms with Crippen LogP contribution in [-0.4, -0.2) is 0 Å². The van der Waals surface area contributed by atoms with Gasteiger partial charge in [0.05, 0.1) is 5.69 Å². The van der Waals surface area contributed by atoms with E-state index in [1.807, 2.05) is 0 Å². The van der Waals surface area contributed by atoms with Gasteiger partial charge in [-0.1, -0.05) is 194 Å². The monoisotopic (exact) mass is 773 g/mol. The van der Waals surface area contributed by atoms with E-state index in [-0.39, 0.29) is 0 Å². The molecule has 0 unspecified atom stereocenters. The molecule has 1 heteroatoms. The predicted molar refractivity (Wildman–Crippen MR) is 260 cm³/mol. The first-order chi connectivity index (χ1) is 30.3. The highest BCUT2D eigenvalue weighted by molar-refractivity contribution is 6.26. The van der Waals surface area contributed by atoms with Gasteiger partial charge in [-0.25, -0.2) is 0 Å². The second kappa shape index (κ2) is 14.4. The Bertz CT molecular complexity index is 3420. The third-order valence-corrected chi connectivity index (χ3v) is 12.6. The average Bonchev–Trinajstić information content (AvgIpc) is 3.34. The van der Waals surface area contributed by atoms with Crippen LogP contribution in [0.2, 0.25) is 0 Å². The van der Waals surface area contributed by atoms with Crippen molar-refractivity contribution < 1.29 is 0 Å². The van der Waals surface area contributed by atoms with Gasteiger partial charge < -0.3 is 4.90 Å². The fourth-order valence-electron chi connectivity index (χ4n) is 9.77. The standard InChI is InChI=1S/C60H39N/c1-4-16-40(17-5-1)41-30-34-47(35-31-41)61(48-36-32-43(33-37-48)50-28-14-23-42-18-10-11-25-49(42)50)56-29-15-24-46-38-54-55(39-53(46)56)60-58(45-21-8-3-9-22-45)52-27-13-12-26-51(52)57(59(54)60)44-19-6-2-7-20-44/h1-39H. The largest absolute Gasteiger partial charge is 0.310 e. The topological polar surface area (TPSA) is 3.24 Å². The smallest absolute Gasteiger partial charge is 0.0540 e. The Hall–Kier alpha value is -8.00. The Morgan fingerprint density at radius 1 is 0.230 bits per heavy atom. The highest BCUT2D eigenvalue weighted by Crippen LogP contribution is 2.60. The summed E-state index contributed by atoms with van der Waals surface area (Å²) in [5.74, 6) is 0. The van der Waals surface area contributed by atoms with Crippen molar-refractivity contribution >= 4 is 49.4 Å². The van der Waals surface area contributed by atoms with Crippen molar-refractivity contribution in [3.8, 4) is 66.8 Å². The molecular formula is C60H39N. The summed E-state index contributed by atoms with van der Waals surface area (Å²) in [6.45, 7) is 0. The first-order valence-electron chi connectivity index (χ1n) is 21.1. The fraction of sp³-hybridized carbons (Fsp3) is 0. The Morgan fingerprint density at radius 3 is 1.28 bits per heavy atom. The van der Waals surface area contributed by atoms with Gasteiger partial charge >= 0.3 is 0 Å². The molecular weight excluding hydrogens is 735 g/mol. The van der Waals surface area contributed by atoms with Crippen molar-refractivity contribution in [1.82, 2.24) is 0 Å². The van der Waals surface area contributed by atoms with Gasteiger partial charge in [-0.2, -0.15) is 0 Å². The highest BCUT2D eigenvalue weighted by atomic mass is 15.1. The molecule has 0 aromatic heterocycles. The number of rotatable bonds is 7. The lowest BCUT2D eigenvalue weighted by Gasteiger charge is -2.33. The van der Waals surface area contributed by atoms with Crippen LogP contribution in [0.15, 0.2) is 237 Å². The van der Waals surface area contributed by atoms with Gasteiger partial charge in [-0.3, -0.25) is 0 Å². The number of nitrogens with zero attached hydrogens (tertiary/aromatic N) is 1. The lowest BCUT2D eigenvalue weighted by Crippen LogP contribution is -2.11. The number of hydrogen-bond donors (Lipinski definition) is 0. The predicted octanol–water partition coefficient (Wildman–Crippen LogP) is 16.9. The third kappa shape index (κ3) is 5.78. The van der Waals surface area contributed by atoms with E-state index in [9.17, 15) is 0 Å². The van der Waals surface area contributed by atoms with E-state index in [0.717, 1.165) is 17.1 Å². The Balaban J connectivity index is 1.07. The van der Waals surface area contributed by atoms with Crippen LogP contribution in [0.1, 0.15) is 0 Å². The number of benzene rings is 11. The summed E-state index contributed by atoms with van der Waals surface area (Å²) in [7, 11) is 0. The molecule has 0 N–H and O–H groups in total. The highest BCUT2D eigenvalue weighted by Gasteiger charge is 2.33. The summed E-state index contributed by atoms with van der Waals surface area (Å²) in [6, 6.07) is 86.5. The van der Waals surface area contributed by atoms with Crippen molar-refractivity contribution in [2.75, 3.05) is 4.90 Å². The molecule has 61 heavy (non-hydrogen) atoms. The van der Waals surface area contributed by atoms with Crippen molar-refractivity contribution in [1.29, 1.82) is 0 Å². The molecule has 12 rings (SSSR count). The summed E-state index contributed by atoms with van der Waals surface area (Å²) in [5, 5.41) is 7.49. The van der Waals surface area contributed by atoms with Gasteiger partial charge in [0.15, 0.2) is 0 Å². The zero-order chi connectivity index (χ0) is 40.3. The molecule has 0 bridgehead atoms. The molecule has 0 radical (unpaired) electrons. The van der Waals surface area contributed by atoms with Gasteiger partial charge in [-0.05, 0) is 136 Å². The van der Waals surface area contributed by atoms with Crippen LogP contribution in [0, 0.1) is 0 Å². The van der Waals surface area contributed by atoms with Crippen molar-refractivity contribution in [2.45, 2.75) is 0 Å². The molecule has 11 aromatic rings. The molecule has 0 fully saturated rings. The second-order valence-corrected chi connectivity index (χ2v) is 16.0. The third-order valence-electron chi connectivity index (χ3n) is 12.6. The van der Waals surface area contributed by atoms with Crippen LogP contribution in [-0.2, 0) is 0 Å². The number of fused-ring (bicyclic) bond motifs is 7. The lowest BCUT2D eigenvalue weighted by atomic mass is 9.70. The molecule has 0 aliphatic heterocycles. The van der Waals surface area contributed by atoms with E-state index < -0.39 is 0 Å². The molecule has 0 spiro atoms. The van der Waals surface area contributed by atoms with E-state index in [0.29, 0.717) is 0 Å². The molecule has 0 atom stereocenters. The van der Waals surface area contributed by atoms with E-state index in [2.05, 4.69) is 241 Å². The average molecular weight is 774 g/mol. The molecule has 0 saturated heterocycles. The maximum Gasteiger partial charge on any atom is 0.0540 e. The van der Waals surface area contributed by atoms with E-state index in [4.69, 9.17) is 0 Å². The van der Waals surface area contributed by atoms with Crippen LogP contribution in [0.5, 0.6) is 0 Å². The molecule has 284 valence electrons. The Morgan fingerprint density at radius 2 is 0.672 bits per heavy atom. The zero-order valence-electron chi connectivity index (χ0n) is 33.5. The van der Waals surface area contributed by atoms with E-state index >= 15 is 0 Å². The van der Waals surface area contributed by atoms with E-state index in [1.54, 1.807) is 0 Å². The summed E-state index contributed by atoms with van der Waals surface area (Å²) >= 11 is 0. The summed E-state index contributed by atoms with van der Waals surface area (Å²) < 4.78 is 0. The Kier molecular flexibility index (Phi) is 8.25. The second-order valence-electron chi connectivity index (χ2n) is 16.0. The van der Waals surface area contributed by atoms with E-state index in [1.165, 1.54) is 99.1 Å². The molecule has 1 nitrogen and oxygen atoms in total.